The third kappa shape index (κ3) is 6.86. The summed E-state index contributed by atoms with van der Waals surface area (Å²) in [5.41, 5.74) is 9.00. The highest BCUT2D eigenvalue weighted by Gasteiger charge is 2.39. The van der Waals surface area contributed by atoms with Gasteiger partial charge in [0.15, 0.2) is 11.6 Å². The van der Waals surface area contributed by atoms with Crippen LogP contribution in [0.25, 0.3) is 5.69 Å². The quantitative estimate of drug-likeness (QED) is 0.320. The number of aliphatic hydroxyl groups excluding tert-OH is 1. The summed E-state index contributed by atoms with van der Waals surface area (Å²) in [4.78, 5) is 15.6. The Kier molecular flexibility index (Phi) is 8.60. The van der Waals surface area contributed by atoms with Crippen molar-refractivity contribution < 1.29 is 29.9 Å². The second-order valence-corrected chi connectivity index (χ2v) is 13.6. The standard InChI is InChI=1S/C29H37ClN5O5S/c1-29(9-10-29)20-40-27-26(18-32-35(28(27)37)24-6-2-5-23(30)17-24)33-11-13-34(14-12-33)41(38,39)19-21-7-8-22(4-3-15-36)25(31)16-21/h2,5-8,16-18,30,36H,3-4,9-15,19-20,31H2,1H3/q+1. The van der Waals surface area contributed by atoms with Crippen molar-refractivity contribution in [2.24, 2.45) is 5.41 Å². The summed E-state index contributed by atoms with van der Waals surface area (Å²) in [7, 11) is -3.59. The fraction of sp³-hybridized carbons (Fsp3) is 0.448. The number of piperazine rings is 1. The Balaban J connectivity index is 1.32. The first-order valence-corrected chi connectivity index (χ1v) is 15.8. The highest BCUT2D eigenvalue weighted by atomic mass is 35.5. The Labute approximate surface area is 245 Å². The number of rotatable bonds is 11. The highest BCUT2D eigenvalue weighted by Crippen LogP contribution is 2.45. The van der Waals surface area contributed by atoms with Gasteiger partial charge in [0, 0.05) is 56.0 Å². The number of nitrogen functional groups attached to an aromatic ring is 1. The monoisotopic (exact) mass is 602 g/mol. The van der Waals surface area contributed by atoms with Crippen LogP contribution in [0.1, 0.15) is 37.3 Å². The summed E-state index contributed by atoms with van der Waals surface area (Å²) in [6.45, 7) is 3.95. The molecule has 1 aromatic heterocycles. The van der Waals surface area contributed by atoms with Crippen LogP contribution in [0, 0.1) is 17.0 Å². The van der Waals surface area contributed by atoms with Crippen LogP contribution in [0.15, 0.2) is 53.5 Å². The number of halogens is 1. The zero-order valence-electron chi connectivity index (χ0n) is 23.2. The fourth-order valence-corrected chi connectivity index (χ4v) is 6.64. The van der Waals surface area contributed by atoms with Gasteiger partial charge in [-0.25, -0.2) is 8.42 Å². The van der Waals surface area contributed by atoms with Gasteiger partial charge >= 0.3 is 5.56 Å². The van der Waals surface area contributed by atoms with Crippen molar-refractivity contribution in [1.82, 2.24) is 14.1 Å². The van der Waals surface area contributed by atoms with Crippen molar-refractivity contribution in [3.8, 4) is 11.4 Å². The predicted molar refractivity (Wildman–Crippen MR) is 156 cm³/mol. The molecule has 12 heteroatoms. The molecule has 2 aromatic carbocycles. The largest absolute Gasteiger partial charge is 0.486 e. The van der Waals surface area contributed by atoms with Crippen LogP contribution < -0.4 is 20.9 Å². The van der Waals surface area contributed by atoms with Gasteiger partial charge in [0.25, 0.3) is 0 Å². The summed E-state index contributed by atoms with van der Waals surface area (Å²) in [5, 5.41) is 14.1. The van der Waals surface area contributed by atoms with Crippen LogP contribution >= 0.6 is 0 Å². The Morgan fingerprint density at radius 2 is 1.88 bits per heavy atom. The number of sulfonamides is 1. The molecule has 41 heavy (non-hydrogen) atoms. The Hall–Kier alpha value is -3.12. The summed E-state index contributed by atoms with van der Waals surface area (Å²) in [5.74, 6) is 0.0696. The van der Waals surface area contributed by atoms with Gasteiger partial charge in [-0.3, -0.25) is 4.79 Å². The Morgan fingerprint density at radius 1 is 1.12 bits per heavy atom. The molecule has 2 aliphatic rings. The fourth-order valence-electron chi connectivity index (χ4n) is 4.93. The maximum atomic E-state index is 13.6. The third-order valence-corrected chi connectivity index (χ3v) is 9.89. The molecule has 3 aromatic rings. The topological polar surface area (TPSA) is 131 Å². The molecule has 0 unspecified atom stereocenters. The lowest BCUT2D eigenvalue weighted by Crippen LogP contribution is -2.49. The van der Waals surface area contributed by atoms with Gasteiger partial charge in [0.05, 0.1) is 24.2 Å². The number of anilines is 2. The smallest absolute Gasteiger partial charge is 0.316 e. The molecule has 5 rings (SSSR count). The van der Waals surface area contributed by atoms with Crippen LogP contribution in [0.4, 0.5) is 11.4 Å². The zero-order valence-corrected chi connectivity index (χ0v) is 24.8. The van der Waals surface area contributed by atoms with E-state index in [0.29, 0.717) is 60.2 Å². The number of nitrogens with two attached hydrogens (primary N) is 1. The number of nitrogens with zero attached hydrogens (tertiary/aromatic N) is 4. The van der Waals surface area contributed by atoms with Crippen LogP contribution in [-0.2, 0) is 22.2 Å². The second-order valence-electron chi connectivity index (χ2n) is 11.2. The summed E-state index contributed by atoms with van der Waals surface area (Å²) in [6, 6.07) is 12.4. The van der Waals surface area contributed by atoms with E-state index in [4.69, 9.17) is 27.2 Å². The average Bonchev–Trinajstić information content (AvgIpc) is 3.68. The van der Waals surface area contributed by atoms with E-state index in [2.05, 4.69) is 12.0 Å². The molecule has 1 saturated carbocycles. The maximum Gasteiger partial charge on any atom is 0.316 e. The molecule has 1 aliphatic heterocycles. The van der Waals surface area contributed by atoms with Crippen molar-refractivity contribution in [3.63, 3.8) is 0 Å². The van der Waals surface area contributed by atoms with Crippen LogP contribution in [0.3, 0.4) is 0 Å². The van der Waals surface area contributed by atoms with Gasteiger partial charge in [0.2, 0.25) is 20.8 Å². The van der Waals surface area contributed by atoms with Gasteiger partial charge in [0.1, 0.15) is 5.69 Å². The lowest BCUT2D eigenvalue weighted by Gasteiger charge is -2.35. The van der Waals surface area contributed by atoms with Crippen LogP contribution in [0.2, 0.25) is 5.02 Å². The minimum Gasteiger partial charge on any atom is -0.486 e. The number of aliphatic hydroxyl groups is 1. The predicted octanol–water partition coefficient (Wildman–Crippen LogP) is 2.27. The van der Waals surface area contributed by atoms with E-state index in [1.54, 1.807) is 42.6 Å². The minimum absolute atomic E-state index is 0.0611. The van der Waals surface area contributed by atoms with Crippen molar-refractivity contribution in [2.75, 3.05) is 50.0 Å². The normalized spacial score (nSPS) is 17.0. The number of hydrogen-bond donors (Lipinski definition) is 2. The molecule has 1 saturated heterocycles. The molecule has 3 N–H and O–H groups in total. The molecule has 0 spiro atoms. The minimum atomic E-state index is -3.59. The summed E-state index contributed by atoms with van der Waals surface area (Å²) in [6.07, 6.45) is 4.96. The van der Waals surface area contributed by atoms with Crippen molar-refractivity contribution in [3.05, 3.63) is 75.2 Å². The third-order valence-electron chi connectivity index (χ3n) is 7.78. The van der Waals surface area contributed by atoms with E-state index >= 15 is 0 Å². The van der Waals surface area contributed by atoms with Crippen molar-refractivity contribution in [2.45, 2.75) is 38.4 Å². The second kappa shape index (κ2) is 12.0. The lowest BCUT2D eigenvalue weighted by atomic mass is 10.1. The lowest BCUT2D eigenvalue weighted by molar-refractivity contribution is -0.288. The SMILES string of the molecule is CC1(COc2c(N3CCN(S(=O)(=O)Cc4ccc(CCCO)c(N)c4)CC3)cnn(-c3cccc([ClH+])c3)c2=O)CC1. The van der Waals surface area contributed by atoms with E-state index in [9.17, 15) is 13.2 Å². The molecule has 0 atom stereocenters. The number of hydrogen-bond acceptors (Lipinski definition) is 8. The highest BCUT2D eigenvalue weighted by molar-refractivity contribution is 7.88. The molecular weight excluding hydrogens is 566 g/mol. The molecule has 0 bridgehead atoms. The Morgan fingerprint density at radius 3 is 2.54 bits per heavy atom. The number of benzene rings is 2. The molecule has 2 fully saturated rings. The molecule has 2 heterocycles. The average molecular weight is 603 g/mol. The first kappa shape index (κ1) is 29.4. The molecule has 1 aliphatic carbocycles. The van der Waals surface area contributed by atoms with Crippen molar-refractivity contribution >= 4 is 21.4 Å². The first-order chi connectivity index (χ1) is 19.6. The molecule has 220 valence electrons. The molecule has 0 amide bonds. The maximum absolute atomic E-state index is 13.6. The number of aryl methyl sites for hydroxylation is 1. The van der Waals surface area contributed by atoms with E-state index in [1.807, 2.05) is 11.0 Å². The van der Waals surface area contributed by atoms with Gasteiger partial charge in [-0.15, -0.1) is 0 Å². The Bertz CT molecular complexity index is 1570. The van der Waals surface area contributed by atoms with E-state index in [1.165, 1.54) is 8.99 Å². The molecular formula is C29H37ClN5O5S+. The van der Waals surface area contributed by atoms with Gasteiger partial charge in [-0.05, 0) is 48.9 Å². The van der Waals surface area contributed by atoms with Gasteiger partial charge < -0.3 is 20.5 Å². The van der Waals surface area contributed by atoms with E-state index in [0.717, 1.165) is 18.4 Å². The van der Waals surface area contributed by atoms with Crippen LogP contribution in [0.5, 0.6) is 5.75 Å². The molecule has 0 radical (unpaired) electrons. The van der Waals surface area contributed by atoms with E-state index < -0.39 is 10.0 Å². The van der Waals surface area contributed by atoms with E-state index in [-0.39, 0.29) is 42.2 Å². The van der Waals surface area contributed by atoms with Gasteiger partial charge in [-0.2, -0.15) is 14.1 Å². The number of ether oxygens (including phenoxy) is 1. The summed E-state index contributed by atoms with van der Waals surface area (Å²) < 4.78 is 35.5. The van der Waals surface area contributed by atoms with Crippen molar-refractivity contribution in [1.29, 1.82) is 0 Å². The number of aromatic nitrogens is 2. The van der Waals surface area contributed by atoms with Crippen LogP contribution in [-0.4, -0.2) is 67.0 Å². The first-order valence-electron chi connectivity index (χ1n) is 13.8. The zero-order chi connectivity index (χ0) is 29.2. The molecule has 10 nitrogen and oxygen atoms in total. The van der Waals surface area contributed by atoms with Gasteiger partial charge in [-0.1, -0.05) is 25.1 Å². The summed E-state index contributed by atoms with van der Waals surface area (Å²) >= 11 is 5.27.